The van der Waals surface area contributed by atoms with Crippen molar-refractivity contribution in [3.05, 3.63) is 78.1 Å². The van der Waals surface area contributed by atoms with Crippen LogP contribution in [-0.2, 0) is 0 Å². The second-order valence-electron chi connectivity index (χ2n) is 6.12. The Bertz CT molecular complexity index is 910. The number of aromatic nitrogens is 1. The van der Waals surface area contributed by atoms with E-state index in [1.807, 2.05) is 30.3 Å². The van der Waals surface area contributed by atoms with Gasteiger partial charge in [0.25, 0.3) is 0 Å². The minimum absolute atomic E-state index is 0.0865. The maximum absolute atomic E-state index is 13.2. The summed E-state index contributed by atoms with van der Waals surface area (Å²) in [6.07, 6.45) is 1.78. The van der Waals surface area contributed by atoms with Crippen LogP contribution in [0.25, 0.3) is 11.3 Å². The number of pyridine rings is 1. The van der Waals surface area contributed by atoms with Crippen LogP contribution in [0.3, 0.4) is 0 Å². The van der Waals surface area contributed by atoms with Crippen molar-refractivity contribution >= 4 is 17.3 Å². The van der Waals surface area contributed by atoms with E-state index in [1.54, 1.807) is 18.3 Å². The van der Waals surface area contributed by atoms with Crippen LogP contribution in [0.4, 0.5) is 4.39 Å². The number of nitrogens with one attached hydrogen (secondary N) is 1. The predicted molar refractivity (Wildman–Crippen MR) is 102 cm³/mol. The average Bonchev–Trinajstić information content (AvgIpc) is 3.27. The van der Waals surface area contributed by atoms with Gasteiger partial charge in [-0.25, -0.2) is 4.39 Å². The van der Waals surface area contributed by atoms with Gasteiger partial charge in [0.1, 0.15) is 23.4 Å². The molecule has 4 nitrogen and oxygen atoms in total. The molecule has 132 valence electrons. The third-order valence-electron chi connectivity index (χ3n) is 4.59. The Kier molecular flexibility index (Phi) is 4.42. The van der Waals surface area contributed by atoms with Gasteiger partial charge in [-0.05, 0) is 67.7 Å². The molecule has 26 heavy (non-hydrogen) atoms. The van der Waals surface area contributed by atoms with Crippen molar-refractivity contribution in [2.45, 2.75) is 19.0 Å². The SMILES string of the molecule is CCN1C(=S)N[C@@H](c2ccccn2)[C@H]1c1ccc(-c2ccc(F)cc2)o1. The highest BCUT2D eigenvalue weighted by Crippen LogP contribution is 2.40. The minimum atomic E-state index is -0.266. The first-order chi connectivity index (χ1) is 12.7. The summed E-state index contributed by atoms with van der Waals surface area (Å²) >= 11 is 5.51. The molecule has 1 saturated heterocycles. The number of thiocarbonyl (C=S) groups is 1. The smallest absolute Gasteiger partial charge is 0.170 e. The molecule has 2 aromatic heterocycles. The van der Waals surface area contributed by atoms with E-state index >= 15 is 0 Å². The summed E-state index contributed by atoms with van der Waals surface area (Å²) in [7, 11) is 0. The third kappa shape index (κ3) is 2.97. The molecule has 0 unspecified atom stereocenters. The van der Waals surface area contributed by atoms with Crippen LogP contribution in [0.1, 0.15) is 30.5 Å². The summed E-state index contributed by atoms with van der Waals surface area (Å²) < 4.78 is 19.3. The highest BCUT2D eigenvalue weighted by atomic mass is 32.1. The van der Waals surface area contributed by atoms with Gasteiger partial charge in [-0.2, -0.15) is 0 Å². The van der Waals surface area contributed by atoms with E-state index in [4.69, 9.17) is 16.6 Å². The third-order valence-corrected chi connectivity index (χ3v) is 4.94. The summed E-state index contributed by atoms with van der Waals surface area (Å²) in [4.78, 5) is 6.58. The van der Waals surface area contributed by atoms with E-state index in [2.05, 4.69) is 22.1 Å². The fourth-order valence-corrected chi connectivity index (χ4v) is 3.71. The molecule has 0 spiro atoms. The number of furan rings is 1. The molecule has 0 bridgehead atoms. The quantitative estimate of drug-likeness (QED) is 0.689. The van der Waals surface area contributed by atoms with Crippen molar-refractivity contribution in [3.63, 3.8) is 0 Å². The van der Waals surface area contributed by atoms with Crippen molar-refractivity contribution in [1.29, 1.82) is 0 Å². The van der Waals surface area contributed by atoms with Crippen molar-refractivity contribution in [2.24, 2.45) is 0 Å². The van der Waals surface area contributed by atoms with Crippen LogP contribution in [0.15, 0.2) is 65.2 Å². The molecule has 1 aliphatic rings. The monoisotopic (exact) mass is 367 g/mol. The average molecular weight is 367 g/mol. The second kappa shape index (κ2) is 6.88. The molecule has 3 heterocycles. The van der Waals surface area contributed by atoms with Crippen LogP contribution in [-0.4, -0.2) is 21.5 Å². The highest BCUT2D eigenvalue weighted by Gasteiger charge is 2.40. The Morgan fingerprint density at radius 3 is 2.65 bits per heavy atom. The Hall–Kier alpha value is -2.73. The van der Waals surface area contributed by atoms with Gasteiger partial charge in [0, 0.05) is 18.3 Å². The summed E-state index contributed by atoms with van der Waals surface area (Å²) in [6.45, 7) is 2.82. The first kappa shape index (κ1) is 16.7. The van der Waals surface area contributed by atoms with Gasteiger partial charge >= 0.3 is 0 Å². The number of hydrogen-bond donors (Lipinski definition) is 1. The van der Waals surface area contributed by atoms with E-state index in [-0.39, 0.29) is 17.9 Å². The molecule has 3 aromatic rings. The molecule has 0 aliphatic carbocycles. The molecule has 1 fully saturated rings. The van der Waals surface area contributed by atoms with E-state index in [0.717, 1.165) is 23.6 Å². The lowest BCUT2D eigenvalue weighted by Gasteiger charge is -2.24. The number of likely N-dealkylation sites (N-methyl/N-ethyl adjacent to an activating group) is 1. The summed E-state index contributed by atoms with van der Waals surface area (Å²) in [5.74, 6) is 1.24. The summed E-state index contributed by atoms with van der Waals surface area (Å²) in [6, 6.07) is 15.8. The minimum Gasteiger partial charge on any atom is -0.459 e. The number of rotatable bonds is 4. The normalized spacial score (nSPS) is 19.6. The zero-order chi connectivity index (χ0) is 18.1. The highest BCUT2D eigenvalue weighted by molar-refractivity contribution is 7.80. The van der Waals surface area contributed by atoms with Gasteiger partial charge in [0.2, 0.25) is 0 Å². The Morgan fingerprint density at radius 1 is 1.15 bits per heavy atom. The molecule has 0 radical (unpaired) electrons. The van der Waals surface area contributed by atoms with Gasteiger partial charge < -0.3 is 14.6 Å². The van der Waals surface area contributed by atoms with Crippen LogP contribution >= 0.6 is 12.2 Å². The first-order valence-electron chi connectivity index (χ1n) is 8.51. The number of nitrogens with zero attached hydrogens (tertiary/aromatic N) is 2. The molecule has 6 heteroatoms. The largest absolute Gasteiger partial charge is 0.459 e. The van der Waals surface area contributed by atoms with Crippen LogP contribution in [0.2, 0.25) is 0 Å². The lowest BCUT2D eigenvalue weighted by molar-refractivity contribution is 0.284. The van der Waals surface area contributed by atoms with E-state index in [9.17, 15) is 4.39 Å². The van der Waals surface area contributed by atoms with E-state index in [0.29, 0.717) is 10.9 Å². The molecule has 4 rings (SSSR count). The van der Waals surface area contributed by atoms with Gasteiger partial charge in [-0.3, -0.25) is 4.98 Å². The molecule has 0 amide bonds. The Labute approximate surface area is 156 Å². The van der Waals surface area contributed by atoms with Gasteiger partial charge in [-0.15, -0.1) is 0 Å². The Morgan fingerprint density at radius 2 is 1.96 bits per heavy atom. The van der Waals surface area contributed by atoms with Crippen LogP contribution < -0.4 is 5.32 Å². The summed E-state index contributed by atoms with van der Waals surface area (Å²) in [5, 5.41) is 4.05. The van der Waals surface area contributed by atoms with Crippen molar-refractivity contribution in [2.75, 3.05) is 6.54 Å². The van der Waals surface area contributed by atoms with Crippen molar-refractivity contribution in [1.82, 2.24) is 15.2 Å². The first-order valence-corrected chi connectivity index (χ1v) is 8.92. The fraction of sp³-hybridized carbons (Fsp3) is 0.200. The fourth-order valence-electron chi connectivity index (χ4n) is 3.34. The lowest BCUT2D eigenvalue weighted by atomic mass is 10.0. The number of halogens is 1. The maximum Gasteiger partial charge on any atom is 0.170 e. The molecule has 1 aliphatic heterocycles. The molecule has 2 atom stereocenters. The molecule has 1 aromatic carbocycles. The van der Waals surface area contributed by atoms with E-state index in [1.165, 1.54) is 12.1 Å². The standard InChI is InChI=1S/C20H18FN3OS/c1-2-24-19(18(23-20(24)26)15-5-3-4-12-22-15)17-11-10-16(25-17)13-6-8-14(21)9-7-13/h3-12,18-19H,2H2,1H3,(H,23,26)/t18-,19+/m0/s1. The van der Waals surface area contributed by atoms with Gasteiger partial charge in [0.15, 0.2) is 5.11 Å². The van der Waals surface area contributed by atoms with Crippen LogP contribution in [0, 0.1) is 5.82 Å². The molecular formula is C20H18FN3OS. The molecular weight excluding hydrogens is 349 g/mol. The van der Waals surface area contributed by atoms with Crippen LogP contribution in [0.5, 0.6) is 0 Å². The second-order valence-corrected chi connectivity index (χ2v) is 6.51. The van der Waals surface area contributed by atoms with Crippen molar-refractivity contribution < 1.29 is 8.81 Å². The zero-order valence-corrected chi connectivity index (χ0v) is 15.0. The lowest BCUT2D eigenvalue weighted by Crippen LogP contribution is -2.29. The van der Waals surface area contributed by atoms with Gasteiger partial charge in [-0.1, -0.05) is 6.07 Å². The Balaban J connectivity index is 1.71. The maximum atomic E-state index is 13.2. The van der Waals surface area contributed by atoms with E-state index < -0.39 is 0 Å². The molecule has 1 N–H and O–H groups in total. The molecule has 0 saturated carbocycles. The zero-order valence-electron chi connectivity index (χ0n) is 14.2. The number of benzene rings is 1. The van der Waals surface area contributed by atoms with Crippen molar-refractivity contribution in [3.8, 4) is 11.3 Å². The summed E-state index contributed by atoms with van der Waals surface area (Å²) in [5.41, 5.74) is 1.75. The number of hydrogen-bond acceptors (Lipinski definition) is 3. The predicted octanol–water partition coefficient (Wildman–Crippen LogP) is 4.47. The van der Waals surface area contributed by atoms with Gasteiger partial charge in [0.05, 0.1) is 11.7 Å². The topological polar surface area (TPSA) is 41.3 Å².